The summed E-state index contributed by atoms with van der Waals surface area (Å²) in [5.41, 5.74) is 0.549. The van der Waals surface area contributed by atoms with Crippen molar-refractivity contribution in [3.8, 4) is 5.88 Å². The number of carbonyl (C=O) groups excluding carboxylic acids is 1. The Kier molecular flexibility index (Phi) is 3.97. The van der Waals surface area contributed by atoms with Crippen molar-refractivity contribution in [1.82, 2.24) is 4.98 Å². The first kappa shape index (κ1) is 15.1. The molecular formula is C15H17F3N2O2. The molecule has 0 radical (unpaired) electrons. The van der Waals surface area contributed by atoms with Crippen LogP contribution >= 0.6 is 0 Å². The first-order valence-corrected chi connectivity index (χ1v) is 7.42. The number of anilines is 1. The zero-order valence-corrected chi connectivity index (χ0v) is 12.0. The SMILES string of the molecule is O=C([C@@H]1CCC[C@H](C(F)(F)F)C1)N1CCOc2ncccc21. The maximum absolute atomic E-state index is 12.9. The zero-order valence-electron chi connectivity index (χ0n) is 12.0. The van der Waals surface area contributed by atoms with Crippen LogP contribution < -0.4 is 9.64 Å². The minimum Gasteiger partial charge on any atom is -0.474 e. The van der Waals surface area contributed by atoms with Gasteiger partial charge in [0.2, 0.25) is 11.8 Å². The summed E-state index contributed by atoms with van der Waals surface area (Å²) in [6.45, 7) is 0.663. The van der Waals surface area contributed by atoms with Gasteiger partial charge in [-0.2, -0.15) is 13.2 Å². The van der Waals surface area contributed by atoms with Gasteiger partial charge < -0.3 is 9.64 Å². The summed E-state index contributed by atoms with van der Waals surface area (Å²) < 4.78 is 44.1. The molecule has 0 spiro atoms. The van der Waals surface area contributed by atoms with Crippen molar-refractivity contribution in [2.24, 2.45) is 11.8 Å². The first-order valence-electron chi connectivity index (χ1n) is 7.42. The highest BCUT2D eigenvalue weighted by Crippen LogP contribution is 2.41. The molecule has 2 heterocycles. The molecule has 7 heteroatoms. The maximum atomic E-state index is 12.9. The number of pyridine rings is 1. The molecule has 2 atom stereocenters. The van der Waals surface area contributed by atoms with Crippen LogP contribution in [-0.4, -0.2) is 30.2 Å². The molecule has 1 amide bonds. The average molecular weight is 314 g/mol. The maximum Gasteiger partial charge on any atom is 0.391 e. The molecule has 4 nitrogen and oxygen atoms in total. The average Bonchev–Trinajstić information content (AvgIpc) is 2.53. The molecule has 0 bridgehead atoms. The van der Waals surface area contributed by atoms with Crippen molar-refractivity contribution in [3.63, 3.8) is 0 Å². The van der Waals surface area contributed by atoms with E-state index in [2.05, 4.69) is 4.98 Å². The number of rotatable bonds is 1. The standard InChI is InChI=1S/C15H17F3N2O2/c16-15(17,18)11-4-1-3-10(9-11)14(21)20-7-8-22-13-12(20)5-2-6-19-13/h2,5-6,10-11H,1,3-4,7-9H2/t10-,11+/m1/s1. The molecule has 3 rings (SSSR count). The van der Waals surface area contributed by atoms with E-state index in [1.807, 2.05) is 0 Å². The summed E-state index contributed by atoms with van der Waals surface area (Å²) in [4.78, 5) is 18.2. The summed E-state index contributed by atoms with van der Waals surface area (Å²) in [6, 6.07) is 3.40. The van der Waals surface area contributed by atoms with Gasteiger partial charge in [-0.1, -0.05) is 6.42 Å². The number of carbonyl (C=O) groups is 1. The third kappa shape index (κ3) is 2.89. The Hall–Kier alpha value is -1.79. The van der Waals surface area contributed by atoms with E-state index in [4.69, 9.17) is 4.74 Å². The van der Waals surface area contributed by atoms with Crippen LogP contribution in [-0.2, 0) is 4.79 Å². The molecule has 0 unspecified atom stereocenters. The van der Waals surface area contributed by atoms with Crippen molar-refractivity contribution in [2.45, 2.75) is 31.9 Å². The lowest BCUT2D eigenvalue weighted by Crippen LogP contribution is -2.44. The lowest BCUT2D eigenvalue weighted by atomic mass is 9.80. The van der Waals surface area contributed by atoms with E-state index < -0.39 is 18.0 Å². The number of amides is 1. The van der Waals surface area contributed by atoms with Crippen LogP contribution in [0.4, 0.5) is 18.9 Å². The second-order valence-electron chi connectivity index (χ2n) is 5.77. The van der Waals surface area contributed by atoms with E-state index >= 15 is 0 Å². The van der Waals surface area contributed by atoms with Gasteiger partial charge in [-0.15, -0.1) is 0 Å². The Balaban J connectivity index is 1.77. The van der Waals surface area contributed by atoms with E-state index in [1.165, 1.54) is 4.90 Å². The molecule has 1 aliphatic carbocycles. The summed E-state index contributed by atoms with van der Waals surface area (Å²) in [5, 5.41) is 0. The normalized spacial score (nSPS) is 25.3. The van der Waals surface area contributed by atoms with Gasteiger partial charge in [0.1, 0.15) is 12.3 Å². The molecule has 22 heavy (non-hydrogen) atoms. The van der Waals surface area contributed by atoms with Gasteiger partial charge in [0.05, 0.1) is 12.5 Å². The van der Waals surface area contributed by atoms with Crippen LogP contribution in [0.25, 0.3) is 0 Å². The Bertz CT molecular complexity index is 562. The number of hydrogen-bond acceptors (Lipinski definition) is 3. The van der Waals surface area contributed by atoms with E-state index in [9.17, 15) is 18.0 Å². The largest absolute Gasteiger partial charge is 0.474 e. The Morgan fingerprint density at radius 3 is 2.95 bits per heavy atom. The van der Waals surface area contributed by atoms with Crippen LogP contribution in [0.2, 0.25) is 0 Å². The smallest absolute Gasteiger partial charge is 0.391 e. The van der Waals surface area contributed by atoms with Gasteiger partial charge >= 0.3 is 6.18 Å². The van der Waals surface area contributed by atoms with Crippen molar-refractivity contribution in [3.05, 3.63) is 18.3 Å². The van der Waals surface area contributed by atoms with Gasteiger partial charge in [0.25, 0.3) is 0 Å². The fourth-order valence-electron chi connectivity index (χ4n) is 3.21. The van der Waals surface area contributed by atoms with E-state index in [1.54, 1.807) is 18.3 Å². The van der Waals surface area contributed by atoms with E-state index in [-0.39, 0.29) is 18.7 Å². The lowest BCUT2D eigenvalue weighted by molar-refractivity contribution is -0.186. The molecule has 1 saturated carbocycles. The Morgan fingerprint density at radius 2 is 2.18 bits per heavy atom. The minimum absolute atomic E-state index is 0.116. The molecule has 1 aromatic rings. The molecule has 0 aromatic carbocycles. The van der Waals surface area contributed by atoms with Crippen LogP contribution in [0.3, 0.4) is 0 Å². The number of ether oxygens (including phenoxy) is 1. The Morgan fingerprint density at radius 1 is 1.36 bits per heavy atom. The number of alkyl halides is 3. The number of aromatic nitrogens is 1. The van der Waals surface area contributed by atoms with Crippen LogP contribution in [0.1, 0.15) is 25.7 Å². The van der Waals surface area contributed by atoms with Crippen molar-refractivity contribution >= 4 is 11.6 Å². The van der Waals surface area contributed by atoms with Gasteiger partial charge in [-0.3, -0.25) is 4.79 Å². The molecular weight excluding hydrogens is 297 g/mol. The van der Waals surface area contributed by atoms with E-state index in [0.717, 1.165) is 0 Å². The van der Waals surface area contributed by atoms with Crippen LogP contribution in [0, 0.1) is 11.8 Å². The number of hydrogen-bond donors (Lipinski definition) is 0. The highest BCUT2D eigenvalue weighted by atomic mass is 19.4. The fourth-order valence-corrected chi connectivity index (χ4v) is 3.21. The number of halogens is 3. The fraction of sp³-hybridized carbons (Fsp3) is 0.600. The number of nitrogens with zero attached hydrogens (tertiary/aromatic N) is 2. The monoisotopic (exact) mass is 314 g/mol. The molecule has 1 fully saturated rings. The molecule has 2 aliphatic rings. The third-order valence-corrected chi connectivity index (χ3v) is 4.35. The van der Waals surface area contributed by atoms with Gasteiger partial charge in [0, 0.05) is 12.1 Å². The van der Waals surface area contributed by atoms with Crippen LogP contribution in [0.5, 0.6) is 5.88 Å². The molecule has 1 aromatic heterocycles. The second kappa shape index (κ2) is 5.78. The first-order chi connectivity index (χ1) is 10.5. The highest BCUT2D eigenvalue weighted by Gasteiger charge is 2.44. The van der Waals surface area contributed by atoms with Gasteiger partial charge in [-0.25, -0.2) is 4.98 Å². The Labute approximate surface area is 126 Å². The minimum atomic E-state index is -4.22. The summed E-state index contributed by atoms with van der Waals surface area (Å²) >= 11 is 0. The zero-order chi connectivity index (χ0) is 15.7. The van der Waals surface area contributed by atoms with Gasteiger partial charge in [-0.05, 0) is 31.4 Å². The molecule has 1 aliphatic heterocycles. The highest BCUT2D eigenvalue weighted by molar-refractivity contribution is 5.96. The molecule has 120 valence electrons. The van der Waals surface area contributed by atoms with Crippen LogP contribution in [0.15, 0.2) is 18.3 Å². The summed E-state index contributed by atoms with van der Waals surface area (Å²) in [5.74, 6) is -1.83. The topological polar surface area (TPSA) is 42.4 Å². The van der Waals surface area contributed by atoms with Crippen molar-refractivity contribution < 1.29 is 22.7 Å². The third-order valence-electron chi connectivity index (χ3n) is 4.35. The van der Waals surface area contributed by atoms with Crippen molar-refractivity contribution in [1.29, 1.82) is 0 Å². The quantitative estimate of drug-likeness (QED) is 0.799. The molecule has 0 saturated heterocycles. The second-order valence-corrected chi connectivity index (χ2v) is 5.77. The van der Waals surface area contributed by atoms with Gasteiger partial charge in [0.15, 0.2) is 0 Å². The predicted octanol–water partition coefficient (Wildman–Crippen LogP) is 3.18. The number of fused-ring (bicyclic) bond motifs is 1. The summed E-state index contributed by atoms with van der Waals surface area (Å²) in [7, 11) is 0. The molecule has 0 N–H and O–H groups in total. The van der Waals surface area contributed by atoms with E-state index in [0.29, 0.717) is 37.6 Å². The summed E-state index contributed by atoms with van der Waals surface area (Å²) in [6.07, 6.45) is -1.70. The predicted molar refractivity (Wildman–Crippen MR) is 73.6 cm³/mol. The lowest BCUT2D eigenvalue weighted by Gasteiger charge is -2.35. The van der Waals surface area contributed by atoms with Crippen molar-refractivity contribution in [2.75, 3.05) is 18.1 Å².